The molecule has 2 aliphatic carbocycles. The van der Waals surface area contributed by atoms with Gasteiger partial charge in [0.1, 0.15) is 0 Å². The molecule has 0 heterocycles. The lowest BCUT2D eigenvalue weighted by molar-refractivity contribution is 0.125. The summed E-state index contributed by atoms with van der Waals surface area (Å²) in [6.45, 7) is 7.22. The average molecular weight is 204 g/mol. The summed E-state index contributed by atoms with van der Waals surface area (Å²) in [5.41, 5.74) is 0. The molecule has 0 radical (unpaired) electrons. The van der Waals surface area contributed by atoms with Crippen molar-refractivity contribution in [1.29, 1.82) is 0 Å². The van der Waals surface area contributed by atoms with Crippen LogP contribution in [0.2, 0.25) is 0 Å². The third-order valence-corrected chi connectivity index (χ3v) is 4.35. The minimum Gasteiger partial charge on any atom is -0.0773 e. The molecule has 3 atom stereocenters. The van der Waals surface area contributed by atoms with Crippen LogP contribution in [0.4, 0.5) is 0 Å². The van der Waals surface area contributed by atoms with Crippen LogP contribution in [-0.2, 0) is 0 Å². The zero-order valence-corrected chi connectivity index (χ0v) is 10.3. The Labute approximate surface area is 94.5 Å². The van der Waals surface area contributed by atoms with Crippen LogP contribution in [0.25, 0.3) is 0 Å². The van der Waals surface area contributed by atoms with Crippen LogP contribution in [0, 0.1) is 29.6 Å². The lowest BCUT2D eigenvalue weighted by Gasteiger charge is -2.39. The zero-order valence-electron chi connectivity index (χ0n) is 10.3. The fraction of sp³-hybridized carbons (Fsp3) is 0.733. The summed E-state index contributed by atoms with van der Waals surface area (Å²) >= 11 is 0. The topological polar surface area (TPSA) is 0 Å². The highest BCUT2D eigenvalue weighted by Crippen LogP contribution is 2.43. The molecule has 1 fully saturated rings. The first-order valence-corrected chi connectivity index (χ1v) is 6.53. The van der Waals surface area contributed by atoms with E-state index in [4.69, 9.17) is 0 Å². The first kappa shape index (κ1) is 11.0. The molecule has 15 heavy (non-hydrogen) atoms. The van der Waals surface area contributed by atoms with Crippen molar-refractivity contribution in [3.63, 3.8) is 0 Å². The minimum absolute atomic E-state index is 0.736. The van der Waals surface area contributed by atoms with Crippen molar-refractivity contribution in [2.45, 2.75) is 40.0 Å². The van der Waals surface area contributed by atoms with Gasteiger partial charge in [-0.05, 0) is 42.4 Å². The fourth-order valence-electron chi connectivity index (χ4n) is 3.45. The maximum Gasteiger partial charge on any atom is -0.00161 e. The molecule has 0 aliphatic heterocycles. The monoisotopic (exact) mass is 204 g/mol. The third kappa shape index (κ3) is 2.35. The second kappa shape index (κ2) is 4.55. The molecule has 2 rings (SSSR count). The summed E-state index contributed by atoms with van der Waals surface area (Å²) in [6, 6.07) is 0. The van der Waals surface area contributed by atoms with Gasteiger partial charge in [-0.15, -0.1) is 0 Å². The van der Waals surface area contributed by atoms with E-state index in [1.165, 1.54) is 19.3 Å². The fourth-order valence-corrected chi connectivity index (χ4v) is 3.45. The second-order valence-corrected chi connectivity index (χ2v) is 5.84. The van der Waals surface area contributed by atoms with Gasteiger partial charge >= 0.3 is 0 Å². The molecule has 0 amide bonds. The van der Waals surface area contributed by atoms with Gasteiger partial charge in [-0.2, -0.15) is 0 Å². The molecule has 0 aromatic heterocycles. The van der Waals surface area contributed by atoms with Crippen molar-refractivity contribution in [2.24, 2.45) is 29.6 Å². The summed E-state index contributed by atoms with van der Waals surface area (Å²) in [4.78, 5) is 0. The van der Waals surface area contributed by atoms with Gasteiger partial charge in [0.15, 0.2) is 0 Å². The Morgan fingerprint density at radius 3 is 2.33 bits per heavy atom. The molecule has 84 valence electrons. The predicted molar refractivity (Wildman–Crippen MR) is 66.6 cm³/mol. The van der Waals surface area contributed by atoms with E-state index >= 15 is 0 Å². The quantitative estimate of drug-likeness (QED) is 0.624. The van der Waals surface area contributed by atoms with Gasteiger partial charge in [-0.1, -0.05) is 51.5 Å². The van der Waals surface area contributed by atoms with Crippen molar-refractivity contribution in [2.75, 3.05) is 0 Å². The van der Waals surface area contributed by atoms with Gasteiger partial charge in [0.25, 0.3) is 0 Å². The molecule has 0 heteroatoms. The van der Waals surface area contributed by atoms with Gasteiger partial charge in [0, 0.05) is 0 Å². The Balaban J connectivity index is 2.09. The van der Waals surface area contributed by atoms with Crippen LogP contribution in [0.15, 0.2) is 24.3 Å². The highest BCUT2D eigenvalue weighted by molar-refractivity contribution is 5.19. The lowest BCUT2D eigenvalue weighted by atomic mass is 9.66. The molecule has 0 bridgehead atoms. The zero-order chi connectivity index (χ0) is 10.8. The van der Waals surface area contributed by atoms with Crippen molar-refractivity contribution < 1.29 is 0 Å². The number of hydrogen-bond donors (Lipinski definition) is 0. The molecule has 0 nitrogen and oxygen atoms in total. The number of allylic oxidation sites excluding steroid dienone is 4. The normalized spacial score (nSPS) is 36.7. The maximum atomic E-state index is 2.42. The summed E-state index contributed by atoms with van der Waals surface area (Å²) in [5.74, 6) is 4.37. The van der Waals surface area contributed by atoms with E-state index < -0.39 is 0 Å². The van der Waals surface area contributed by atoms with Gasteiger partial charge in [-0.3, -0.25) is 0 Å². The average Bonchev–Trinajstić information content (AvgIpc) is 2.69. The maximum absolute atomic E-state index is 2.42. The Hall–Kier alpha value is -0.520. The van der Waals surface area contributed by atoms with E-state index in [-0.39, 0.29) is 0 Å². The lowest BCUT2D eigenvalue weighted by Crippen LogP contribution is -2.31. The molecule has 2 aliphatic rings. The smallest absolute Gasteiger partial charge is 0.00161 e. The number of rotatable bonds is 2. The molecular weight excluding hydrogens is 180 g/mol. The summed E-state index contributed by atoms with van der Waals surface area (Å²) in [6.07, 6.45) is 13.6. The van der Waals surface area contributed by atoms with Crippen LogP contribution in [0.3, 0.4) is 0 Å². The molecule has 0 spiro atoms. The van der Waals surface area contributed by atoms with E-state index in [1.54, 1.807) is 0 Å². The van der Waals surface area contributed by atoms with Crippen LogP contribution >= 0.6 is 0 Å². The first-order valence-electron chi connectivity index (χ1n) is 6.53. The molecule has 1 saturated carbocycles. The van der Waals surface area contributed by atoms with E-state index in [0.29, 0.717) is 0 Å². The minimum atomic E-state index is 0.736. The van der Waals surface area contributed by atoms with E-state index in [1.807, 2.05) is 0 Å². The van der Waals surface area contributed by atoms with Crippen molar-refractivity contribution in [1.82, 2.24) is 0 Å². The van der Waals surface area contributed by atoms with Gasteiger partial charge in [-0.25, -0.2) is 0 Å². The highest BCUT2D eigenvalue weighted by atomic mass is 14.4. The highest BCUT2D eigenvalue weighted by Gasteiger charge is 2.34. The van der Waals surface area contributed by atoms with E-state index in [0.717, 1.165) is 29.6 Å². The molecule has 0 aromatic rings. The van der Waals surface area contributed by atoms with Crippen molar-refractivity contribution in [3.8, 4) is 0 Å². The van der Waals surface area contributed by atoms with Crippen molar-refractivity contribution >= 4 is 0 Å². The Bertz CT molecular complexity index is 247. The summed E-state index contributed by atoms with van der Waals surface area (Å²) in [7, 11) is 0. The Morgan fingerprint density at radius 1 is 1.07 bits per heavy atom. The molecule has 3 unspecified atom stereocenters. The molecular formula is C15H24. The Kier molecular flexibility index (Phi) is 3.33. The summed E-state index contributed by atoms with van der Waals surface area (Å²) in [5, 5.41) is 0. The SMILES string of the molecule is CC1CCC(C(C)C)C(C2C=CC=C2)C1. The molecule has 0 N–H and O–H groups in total. The largest absolute Gasteiger partial charge is 0.0773 e. The molecule has 0 aromatic carbocycles. The van der Waals surface area contributed by atoms with Gasteiger partial charge in [0.05, 0.1) is 0 Å². The van der Waals surface area contributed by atoms with E-state index in [2.05, 4.69) is 45.1 Å². The number of hydrogen-bond acceptors (Lipinski definition) is 0. The first-order chi connectivity index (χ1) is 7.18. The second-order valence-electron chi connectivity index (χ2n) is 5.84. The standard InChI is InChI=1S/C15H24/c1-11(2)14-9-8-12(3)10-15(14)13-6-4-5-7-13/h4-7,11-15H,8-10H2,1-3H3. The van der Waals surface area contributed by atoms with Gasteiger partial charge in [0.2, 0.25) is 0 Å². The van der Waals surface area contributed by atoms with E-state index in [9.17, 15) is 0 Å². The predicted octanol–water partition coefficient (Wildman–Crippen LogP) is 4.44. The van der Waals surface area contributed by atoms with Gasteiger partial charge < -0.3 is 0 Å². The summed E-state index contributed by atoms with van der Waals surface area (Å²) < 4.78 is 0. The van der Waals surface area contributed by atoms with Crippen LogP contribution < -0.4 is 0 Å². The van der Waals surface area contributed by atoms with Crippen molar-refractivity contribution in [3.05, 3.63) is 24.3 Å². The van der Waals surface area contributed by atoms with Crippen LogP contribution in [0.1, 0.15) is 40.0 Å². The Morgan fingerprint density at radius 2 is 1.73 bits per heavy atom. The third-order valence-electron chi connectivity index (χ3n) is 4.35. The van der Waals surface area contributed by atoms with Crippen LogP contribution in [0.5, 0.6) is 0 Å². The molecule has 0 saturated heterocycles. The van der Waals surface area contributed by atoms with Crippen LogP contribution in [-0.4, -0.2) is 0 Å².